The Kier molecular flexibility index (Phi) is 6.75. The highest BCUT2D eigenvalue weighted by atomic mass is 32.1. The topological polar surface area (TPSA) is 32.3 Å². The molecular weight excluding hydrogens is 250 g/mol. The Morgan fingerprint density at radius 1 is 1.41 bits per heavy atom. The lowest BCUT2D eigenvalue weighted by Gasteiger charge is -2.26. The van der Waals surface area contributed by atoms with E-state index >= 15 is 0 Å². The maximum Gasteiger partial charge on any atom is 0.173 e. The van der Waals surface area contributed by atoms with Gasteiger partial charge in [-0.3, -0.25) is 5.09 Å². The molecule has 3 nitrogen and oxygen atoms in total. The summed E-state index contributed by atoms with van der Waals surface area (Å²) in [5, 5.41) is 3.21. The number of terminal acetylenes is 1. The van der Waals surface area contributed by atoms with Crippen molar-refractivity contribution in [2.24, 2.45) is 0 Å². The number of rotatable bonds is 5. The van der Waals surface area contributed by atoms with Gasteiger partial charge in [-0.05, 0) is 32.9 Å². The number of hydrogen-bond acceptors (Lipinski definition) is 2. The molecule has 1 heterocycles. The standard InChI is InChI=1S/C12H24N2OP2/c1-4-16-17(3,15)13-12(2)11-14-9-7-5-6-8-10-14/h1,12,16H,5-11H2,2-3H3,(H,13,15)/t12-,17?/m0/s1. The Hall–Kier alpha value is 0.140. The molecule has 1 N–H and O–H groups in total. The maximum atomic E-state index is 12.1. The molecule has 0 radical (unpaired) electrons. The van der Waals surface area contributed by atoms with E-state index in [0.717, 1.165) is 6.54 Å². The fourth-order valence-corrected chi connectivity index (χ4v) is 5.15. The van der Waals surface area contributed by atoms with Gasteiger partial charge in [-0.15, -0.1) is 6.42 Å². The predicted octanol–water partition coefficient (Wildman–Crippen LogP) is 2.93. The van der Waals surface area contributed by atoms with E-state index < -0.39 is 6.98 Å². The third-order valence-electron chi connectivity index (χ3n) is 2.98. The van der Waals surface area contributed by atoms with Gasteiger partial charge < -0.3 is 9.46 Å². The van der Waals surface area contributed by atoms with Gasteiger partial charge in [-0.25, -0.2) is 0 Å². The number of hydrogen-bond donors (Lipinski definition) is 1. The third-order valence-corrected chi connectivity index (χ3v) is 6.52. The van der Waals surface area contributed by atoms with Gasteiger partial charge in [0.05, 0.1) is 0 Å². The molecule has 1 aliphatic rings. The molecule has 0 saturated carbocycles. The molecule has 0 bridgehead atoms. The largest absolute Gasteiger partial charge is 0.302 e. The zero-order valence-corrected chi connectivity index (χ0v) is 12.8. The minimum atomic E-state index is -2.31. The van der Waals surface area contributed by atoms with Crippen LogP contribution in [0.2, 0.25) is 0 Å². The summed E-state index contributed by atoms with van der Waals surface area (Å²) in [6.07, 6.45) is 10.5. The van der Waals surface area contributed by atoms with Crippen LogP contribution in [0.15, 0.2) is 0 Å². The summed E-state index contributed by atoms with van der Waals surface area (Å²) in [5.74, 6) is 0. The van der Waals surface area contributed by atoms with Crippen LogP contribution >= 0.6 is 15.3 Å². The molecule has 5 heteroatoms. The first-order chi connectivity index (χ1) is 8.03. The molecule has 1 fully saturated rings. The molecule has 0 aromatic rings. The second kappa shape index (κ2) is 7.55. The van der Waals surface area contributed by atoms with E-state index in [1.165, 1.54) is 38.8 Å². The summed E-state index contributed by atoms with van der Waals surface area (Å²) < 4.78 is 12.1. The Balaban J connectivity index is 2.35. The van der Waals surface area contributed by atoms with E-state index in [4.69, 9.17) is 6.42 Å². The Morgan fingerprint density at radius 3 is 2.53 bits per heavy atom. The van der Waals surface area contributed by atoms with Crippen molar-refractivity contribution in [2.45, 2.75) is 38.6 Å². The van der Waals surface area contributed by atoms with Gasteiger partial charge in [0.1, 0.15) is 0 Å². The SMILES string of the molecule is C#CPP(C)(=O)N[C@@H](C)CN1CCCCCC1. The Morgan fingerprint density at radius 2 is 2.00 bits per heavy atom. The highest BCUT2D eigenvalue weighted by Crippen LogP contribution is 2.56. The van der Waals surface area contributed by atoms with Crippen LogP contribution in [-0.2, 0) is 4.57 Å². The van der Waals surface area contributed by atoms with E-state index in [2.05, 4.69) is 22.6 Å². The first-order valence-electron chi connectivity index (χ1n) is 6.34. The zero-order valence-electron chi connectivity index (χ0n) is 10.9. The third kappa shape index (κ3) is 6.58. The molecular formula is C12H24N2OP2. The van der Waals surface area contributed by atoms with E-state index in [-0.39, 0.29) is 14.3 Å². The van der Waals surface area contributed by atoms with Gasteiger partial charge in [0.25, 0.3) is 0 Å². The van der Waals surface area contributed by atoms with Crippen LogP contribution in [0, 0.1) is 12.1 Å². The summed E-state index contributed by atoms with van der Waals surface area (Å²) in [4.78, 5) is 2.48. The molecule has 2 unspecified atom stereocenters. The minimum absolute atomic E-state index is 0.0989. The quantitative estimate of drug-likeness (QED) is 0.618. The van der Waals surface area contributed by atoms with Crippen molar-refractivity contribution in [2.75, 3.05) is 26.3 Å². The molecule has 1 aliphatic heterocycles. The normalized spacial score (nSPS) is 24.1. The summed E-state index contributed by atoms with van der Waals surface area (Å²) >= 11 is 0. The minimum Gasteiger partial charge on any atom is -0.302 e. The first kappa shape index (κ1) is 15.2. The molecule has 1 saturated heterocycles. The highest BCUT2D eigenvalue weighted by molar-refractivity contribution is 8.25. The van der Waals surface area contributed by atoms with Gasteiger partial charge in [0.15, 0.2) is 6.98 Å². The molecule has 0 amide bonds. The van der Waals surface area contributed by atoms with Crippen molar-refractivity contribution >= 4 is 15.3 Å². The van der Waals surface area contributed by atoms with Crippen molar-refractivity contribution in [3.63, 3.8) is 0 Å². The van der Waals surface area contributed by atoms with Gasteiger partial charge in [-0.1, -0.05) is 18.5 Å². The average Bonchev–Trinajstić information content (AvgIpc) is 2.44. The predicted molar refractivity (Wildman–Crippen MR) is 78.2 cm³/mol. The van der Waals surface area contributed by atoms with Gasteiger partial charge in [-0.2, -0.15) is 0 Å². The monoisotopic (exact) mass is 274 g/mol. The molecule has 0 aromatic heterocycles. The summed E-state index contributed by atoms with van der Waals surface area (Å²) in [6, 6.07) is 0.254. The summed E-state index contributed by atoms with van der Waals surface area (Å²) in [7, 11) is 0.0989. The van der Waals surface area contributed by atoms with Gasteiger partial charge in [0, 0.05) is 27.5 Å². The highest BCUT2D eigenvalue weighted by Gasteiger charge is 2.19. The fourth-order valence-electron chi connectivity index (χ4n) is 2.32. The van der Waals surface area contributed by atoms with Crippen LogP contribution in [0.1, 0.15) is 32.6 Å². The zero-order chi connectivity index (χ0) is 12.7. The fraction of sp³-hybridized carbons (Fsp3) is 0.833. The van der Waals surface area contributed by atoms with Crippen molar-refractivity contribution in [1.29, 1.82) is 0 Å². The van der Waals surface area contributed by atoms with Gasteiger partial charge in [0.2, 0.25) is 0 Å². The lowest BCUT2D eigenvalue weighted by molar-refractivity contribution is 0.266. The van der Waals surface area contributed by atoms with Crippen molar-refractivity contribution in [3.05, 3.63) is 0 Å². The van der Waals surface area contributed by atoms with Gasteiger partial charge >= 0.3 is 0 Å². The first-order valence-corrected chi connectivity index (χ1v) is 10.3. The van der Waals surface area contributed by atoms with Crippen LogP contribution < -0.4 is 5.09 Å². The van der Waals surface area contributed by atoms with Crippen molar-refractivity contribution in [3.8, 4) is 12.1 Å². The smallest absolute Gasteiger partial charge is 0.173 e. The number of likely N-dealkylation sites (tertiary alicyclic amines) is 1. The van der Waals surface area contributed by atoms with Crippen molar-refractivity contribution < 1.29 is 4.57 Å². The number of nitrogens with one attached hydrogen (secondary N) is 1. The average molecular weight is 274 g/mol. The summed E-state index contributed by atoms with van der Waals surface area (Å²) in [6.45, 7) is 4.88. The van der Waals surface area contributed by atoms with E-state index in [9.17, 15) is 4.57 Å². The summed E-state index contributed by atoms with van der Waals surface area (Å²) in [5.41, 5.74) is 2.52. The van der Waals surface area contributed by atoms with E-state index in [0.29, 0.717) is 0 Å². The van der Waals surface area contributed by atoms with Crippen LogP contribution in [0.5, 0.6) is 0 Å². The van der Waals surface area contributed by atoms with Crippen LogP contribution in [0.25, 0.3) is 0 Å². The molecule has 98 valence electrons. The van der Waals surface area contributed by atoms with Crippen LogP contribution in [0.4, 0.5) is 0 Å². The molecule has 3 atom stereocenters. The van der Waals surface area contributed by atoms with Crippen molar-refractivity contribution in [1.82, 2.24) is 9.99 Å². The second-order valence-electron chi connectivity index (χ2n) is 4.93. The molecule has 1 rings (SSSR count). The van der Waals surface area contributed by atoms with Crippen LogP contribution in [-0.4, -0.2) is 37.2 Å². The van der Waals surface area contributed by atoms with Crippen LogP contribution in [0.3, 0.4) is 0 Å². The molecule has 0 spiro atoms. The molecule has 0 aliphatic carbocycles. The Labute approximate surface area is 107 Å². The van der Waals surface area contributed by atoms with E-state index in [1.807, 2.05) is 0 Å². The molecule has 17 heavy (non-hydrogen) atoms. The lowest BCUT2D eigenvalue weighted by Crippen LogP contribution is -2.37. The lowest BCUT2D eigenvalue weighted by atomic mass is 10.2. The second-order valence-corrected chi connectivity index (χ2v) is 10.8. The van der Waals surface area contributed by atoms with E-state index in [1.54, 1.807) is 6.66 Å². The number of nitrogens with zero attached hydrogens (tertiary/aromatic N) is 1. The Bertz CT molecular complexity index is 306. The maximum absolute atomic E-state index is 12.1. The molecule has 0 aromatic carbocycles.